The van der Waals surface area contributed by atoms with Crippen molar-refractivity contribution in [2.45, 2.75) is 38.7 Å². The molecule has 1 atom stereocenters. The van der Waals surface area contributed by atoms with E-state index < -0.39 is 0 Å². The third-order valence-corrected chi connectivity index (χ3v) is 5.10. The Bertz CT molecular complexity index is 941. The summed E-state index contributed by atoms with van der Waals surface area (Å²) < 4.78 is 7.33. The number of nitrogens with one attached hydrogen (secondary N) is 1. The Balaban J connectivity index is 1.74. The maximum Gasteiger partial charge on any atom is 0.225 e. The molecule has 2 aromatic heterocycles. The lowest BCUT2D eigenvalue weighted by Crippen LogP contribution is -2.19. The highest BCUT2D eigenvalue weighted by atomic mass is 16.5. The van der Waals surface area contributed by atoms with Crippen molar-refractivity contribution in [2.24, 2.45) is 7.05 Å². The van der Waals surface area contributed by atoms with Crippen molar-refractivity contribution in [3.05, 3.63) is 29.8 Å². The molecule has 0 radical (unpaired) electrons. The van der Waals surface area contributed by atoms with Crippen LogP contribution in [0.2, 0.25) is 0 Å². The van der Waals surface area contributed by atoms with Crippen molar-refractivity contribution < 1.29 is 4.74 Å². The molecule has 1 fully saturated rings. The Labute approximate surface area is 158 Å². The number of fused-ring (bicyclic) bond motifs is 1. The second kappa shape index (κ2) is 7.15. The summed E-state index contributed by atoms with van der Waals surface area (Å²) >= 11 is 0. The first-order valence-corrected chi connectivity index (χ1v) is 9.49. The summed E-state index contributed by atoms with van der Waals surface area (Å²) in [6, 6.07) is 8.46. The quantitative estimate of drug-likeness (QED) is 0.720. The Morgan fingerprint density at radius 3 is 2.70 bits per heavy atom. The Kier molecular flexibility index (Phi) is 4.70. The normalized spacial score (nSPS) is 17.1. The van der Waals surface area contributed by atoms with Crippen molar-refractivity contribution in [3.8, 4) is 11.3 Å². The zero-order valence-electron chi connectivity index (χ0n) is 16.1. The second-order valence-corrected chi connectivity index (χ2v) is 7.40. The standard InChI is InChI=1S/C20H26N6O/c1-12(2)13-6-8-14(9-7-13)17-16-18(21)26(3)25-19(16)24-20(23-17)22-11-15-5-4-10-27-15/h6-9,12,15H,4-5,10-11,21H2,1-3H3,(H,22,24,25)/t15-/m1/s1. The van der Waals surface area contributed by atoms with Gasteiger partial charge in [0.25, 0.3) is 0 Å². The number of anilines is 2. The number of nitrogens with zero attached hydrogens (tertiary/aromatic N) is 4. The maximum atomic E-state index is 6.26. The lowest BCUT2D eigenvalue weighted by atomic mass is 10.00. The molecule has 0 bridgehead atoms. The average Bonchev–Trinajstić information content (AvgIpc) is 3.28. The molecule has 7 heteroatoms. The van der Waals surface area contributed by atoms with E-state index in [9.17, 15) is 0 Å². The molecule has 0 amide bonds. The van der Waals surface area contributed by atoms with Gasteiger partial charge in [-0.05, 0) is 24.3 Å². The van der Waals surface area contributed by atoms with E-state index in [1.165, 1.54) is 5.56 Å². The van der Waals surface area contributed by atoms with Crippen LogP contribution in [0.4, 0.5) is 11.8 Å². The van der Waals surface area contributed by atoms with E-state index in [4.69, 9.17) is 15.5 Å². The lowest BCUT2D eigenvalue weighted by Gasteiger charge is -2.12. The zero-order valence-corrected chi connectivity index (χ0v) is 16.1. The van der Waals surface area contributed by atoms with Crippen LogP contribution in [0.25, 0.3) is 22.3 Å². The number of nitrogen functional groups attached to an aromatic ring is 1. The van der Waals surface area contributed by atoms with E-state index in [1.807, 2.05) is 7.05 Å². The number of aromatic nitrogens is 4. The van der Waals surface area contributed by atoms with Crippen LogP contribution < -0.4 is 11.1 Å². The minimum Gasteiger partial charge on any atom is -0.383 e. The molecule has 0 spiro atoms. The van der Waals surface area contributed by atoms with E-state index in [0.29, 0.717) is 29.9 Å². The van der Waals surface area contributed by atoms with Gasteiger partial charge in [0.05, 0.1) is 17.2 Å². The number of rotatable bonds is 5. The molecule has 7 nitrogen and oxygen atoms in total. The molecule has 142 valence electrons. The highest BCUT2D eigenvalue weighted by Gasteiger charge is 2.19. The van der Waals surface area contributed by atoms with Crippen LogP contribution in [-0.4, -0.2) is 39.0 Å². The lowest BCUT2D eigenvalue weighted by molar-refractivity contribution is 0.120. The Morgan fingerprint density at radius 2 is 2.04 bits per heavy atom. The Hall–Kier alpha value is -2.67. The molecule has 4 rings (SSSR count). The van der Waals surface area contributed by atoms with Gasteiger partial charge in [0.15, 0.2) is 5.65 Å². The predicted octanol–water partition coefficient (Wildman–Crippen LogP) is 3.33. The topological polar surface area (TPSA) is 90.9 Å². The van der Waals surface area contributed by atoms with Crippen molar-refractivity contribution in [1.29, 1.82) is 0 Å². The van der Waals surface area contributed by atoms with E-state index in [1.54, 1.807) is 4.68 Å². The predicted molar refractivity (Wildman–Crippen MR) is 108 cm³/mol. The minimum absolute atomic E-state index is 0.215. The number of aryl methyl sites for hydroxylation is 1. The van der Waals surface area contributed by atoms with Gasteiger partial charge in [-0.2, -0.15) is 10.1 Å². The average molecular weight is 366 g/mol. The van der Waals surface area contributed by atoms with E-state index in [-0.39, 0.29) is 6.10 Å². The summed E-state index contributed by atoms with van der Waals surface area (Å²) in [6.07, 6.45) is 2.39. The summed E-state index contributed by atoms with van der Waals surface area (Å²) in [5, 5.41) is 8.55. The maximum absolute atomic E-state index is 6.26. The molecule has 0 unspecified atom stereocenters. The van der Waals surface area contributed by atoms with Gasteiger partial charge in [-0.1, -0.05) is 38.1 Å². The molecule has 1 saturated heterocycles. The van der Waals surface area contributed by atoms with Crippen LogP contribution in [0.15, 0.2) is 24.3 Å². The van der Waals surface area contributed by atoms with Gasteiger partial charge >= 0.3 is 0 Å². The molecule has 1 aromatic carbocycles. The summed E-state index contributed by atoms with van der Waals surface area (Å²) in [5.41, 5.74) is 9.96. The van der Waals surface area contributed by atoms with E-state index in [2.05, 4.69) is 53.5 Å². The number of hydrogen-bond acceptors (Lipinski definition) is 6. The van der Waals surface area contributed by atoms with Crippen molar-refractivity contribution >= 4 is 22.8 Å². The van der Waals surface area contributed by atoms with E-state index in [0.717, 1.165) is 36.1 Å². The van der Waals surface area contributed by atoms with Crippen LogP contribution in [-0.2, 0) is 11.8 Å². The SMILES string of the molecule is CC(C)c1ccc(-c2nc(NC[C@H]3CCCO3)nc3nn(C)c(N)c23)cc1. The molecule has 3 N–H and O–H groups in total. The number of hydrogen-bond donors (Lipinski definition) is 2. The first-order valence-electron chi connectivity index (χ1n) is 9.49. The molecular weight excluding hydrogens is 340 g/mol. The smallest absolute Gasteiger partial charge is 0.225 e. The molecule has 3 heterocycles. The van der Waals surface area contributed by atoms with Gasteiger partial charge in [-0.15, -0.1) is 0 Å². The van der Waals surface area contributed by atoms with Crippen LogP contribution in [0, 0.1) is 0 Å². The molecule has 0 saturated carbocycles. The van der Waals surface area contributed by atoms with Gasteiger partial charge in [0, 0.05) is 25.8 Å². The second-order valence-electron chi connectivity index (χ2n) is 7.40. The van der Waals surface area contributed by atoms with Crippen molar-refractivity contribution in [2.75, 3.05) is 24.2 Å². The summed E-state index contributed by atoms with van der Waals surface area (Å²) in [6.45, 7) is 5.89. The number of benzene rings is 1. The molecule has 1 aliphatic rings. The summed E-state index contributed by atoms with van der Waals surface area (Å²) in [4.78, 5) is 9.33. The Morgan fingerprint density at radius 1 is 1.26 bits per heavy atom. The fraction of sp³-hybridized carbons (Fsp3) is 0.450. The van der Waals surface area contributed by atoms with Gasteiger partial charge in [-0.3, -0.25) is 4.68 Å². The van der Waals surface area contributed by atoms with Crippen LogP contribution in [0.5, 0.6) is 0 Å². The fourth-order valence-corrected chi connectivity index (χ4v) is 3.44. The first kappa shape index (κ1) is 17.7. The first-order chi connectivity index (χ1) is 13.0. The summed E-state index contributed by atoms with van der Waals surface area (Å²) in [5.74, 6) is 1.61. The van der Waals surface area contributed by atoms with E-state index >= 15 is 0 Å². The third kappa shape index (κ3) is 3.47. The molecule has 0 aliphatic carbocycles. The molecule has 27 heavy (non-hydrogen) atoms. The number of nitrogens with two attached hydrogens (primary N) is 1. The van der Waals surface area contributed by atoms with Gasteiger partial charge in [0.2, 0.25) is 5.95 Å². The molecule has 3 aromatic rings. The third-order valence-electron chi connectivity index (χ3n) is 5.10. The van der Waals surface area contributed by atoms with Crippen molar-refractivity contribution in [1.82, 2.24) is 19.7 Å². The number of ether oxygens (including phenoxy) is 1. The molecule has 1 aliphatic heterocycles. The summed E-state index contributed by atoms with van der Waals surface area (Å²) in [7, 11) is 1.82. The zero-order chi connectivity index (χ0) is 19.0. The molecular formula is C20H26N6O. The van der Waals surface area contributed by atoms with Crippen LogP contribution >= 0.6 is 0 Å². The highest BCUT2D eigenvalue weighted by Crippen LogP contribution is 2.32. The van der Waals surface area contributed by atoms with Gasteiger partial charge in [0.1, 0.15) is 5.82 Å². The monoisotopic (exact) mass is 366 g/mol. The van der Waals surface area contributed by atoms with Crippen LogP contribution in [0.1, 0.15) is 38.2 Å². The fourth-order valence-electron chi connectivity index (χ4n) is 3.44. The van der Waals surface area contributed by atoms with Gasteiger partial charge < -0.3 is 15.8 Å². The van der Waals surface area contributed by atoms with Crippen LogP contribution in [0.3, 0.4) is 0 Å². The largest absolute Gasteiger partial charge is 0.383 e. The minimum atomic E-state index is 0.215. The highest BCUT2D eigenvalue weighted by molar-refractivity contribution is 5.98. The van der Waals surface area contributed by atoms with Crippen molar-refractivity contribution in [3.63, 3.8) is 0 Å². The van der Waals surface area contributed by atoms with Gasteiger partial charge in [-0.25, -0.2) is 4.98 Å².